The summed E-state index contributed by atoms with van der Waals surface area (Å²) in [5.41, 5.74) is 1.48. The number of hydrogen-bond donors (Lipinski definition) is 0. The van der Waals surface area contributed by atoms with Gasteiger partial charge in [-0.1, -0.05) is 6.92 Å². The molecule has 4 rings (SSSR count). The Morgan fingerprint density at radius 2 is 2.07 bits per heavy atom. The van der Waals surface area contributed by atoms with Crippen LogP contribution in [0.3, 0.4) is 0 Å². The van der Waals surface area contributed by atoms with E-state index >= 15 is 0 Å². The fourth-order valence-electron chi connectivity index (χ4n) is 3.98. The molecule has 150 valence electrons. The molecule has 3 aromatic heterocycles. The monoisotopic (exact) mass is 392 g/mol. The SMILES string of the molecule is CCC1C(C=O)N(C)c2cnc(-n3ccnc3-c3cccnn3)nc2N1C(C)C. The lowest BCUT2D eigenvalue weighted by Gasteiger charge is -2.47. The third kappa shape index (κ3) is 3.12. The molecule has 9 heteroatoms. The van der Waals surface area contributed by atoms with E-state index in [1.807, 2.05) is 30.3 Å². The number of carbonyl (C=O) groups excluding carboxylic acids is 1. The van der Waals surface area contributed by atoms with Crippen LogP contribution in [0.1, 0.15) is 27.2 Å². The molecule has 3 aromatic rings. The van der Waals surface area contributed by atoms with Gasteiger partial charge in [0.15, 0.2) is 11.6 Å². The van der Waals surface area contributed by atoms with Crippen molar-refractivity contribution in [2.45, 2.75) is 45.3 Å². The highest BCUT2D eigenvalue weighted by atomic mass is 16.1. The predicted molar refractivity (Wildman–Crippen MR) is 110 cm³/mol. The number of likely N-dealkylation sites (N-methyl/N-ethyl adjacent to an activating group) is 1. The molecule has 0 amide bonds. The Kier molecular flexibility index (Phi) is 4.96. The van der Waals surface area contributed by atoms with Gasteiger partial charge in [-0.15, -0.1) is 5.10 Å². The van der Waals surface area contributed by atoms with Crippen LogP contribution in [-0.4, -0.2) is 61.2 Å². The first kappa shape index (κ1) is 19.0. The van der Waals surface area contributed by atoms with Crippen LogP contribution in [0.4, 0.5) is 11.5 Å². The highest BCUT2D eigenvalue weighted by molar-refractivity contribution is 5.79. The summed E-state index contributed by atoms with van der Waals surface area (Å²) in [7, 11) is 1.92. The Balaban J connectivity index is 1.85. The third-order valence-corrected chi connectivity index (χ3v) is 5.33. The first-order chi connectivity index (χ1) is 14.1. The van der Waals surface area contributed by atoms with Gasteiger partial charge in [-0.3, -0.25) is 4.57 Å². The Morgan fingerprint density at radius 3 is 2.72 bits per heavy atom. The molecule has 0 aromatic carbocycles. The number of rotatable bonds is 5. The van der Waals surface area contributed by atoms with Crippen molar-refractivity contribution in [1.29, 1.82) is 0 Å². The predicted octanol–water partition coefficient (Wildman–Crippen LogP) is 2.13. The lowest BCUT2D eigenvalue weighted by molar-refractivity contribution is -0.109. The Morgan fingerprint density at radius 1 is 1.24 bits per heavy atom. The van der Waals surface area contributed by atoms with Crippen LogP contribution >= 0.6 is 0 Å². The quantitative estimate of drug-likeness (QED) is 0.610. The second-order valence-electron chi connectivity index (χ2n) is 7.32. The number of carbonyl (C=O) groups is 1. The molecule has 4 heterocycles. The van der Waals surface area contributed by atoms with Crippen molar-refractivity contribution >= 4 is 17.8 Å². The maximum absolute atomic E-state index is 11.8. The summed E-state index contributed by atoms with van der Waals surface area (Å²) in [6, 6.07) is 3.64. The number of fused-ring (bicyclic) bond motifs is 1. The zero-order chi connectivity index (χ0) is 20.5. The van der Waals surface area contributed by atoms with Crippen molar-refractivity contribution < 1.29 is 4.79 Å². The Hall–Kier alpha value is -3.36. The molecule has 2 atom stereocenters. The fraction of sp³-hybridized carbons (Fsp3) is 0.400. The van der Waals surface area contributed by atoms with E-state index in [0.29, 0.717) is 17.5 Å². The van der Waals surface area contributed by atoms with Crippen molar-refractivity contribution in [2.75, 3.05) is 16.8 Å². The second-order valence-corrected chi connectivity index (χ2v) is 7.32. The van der Waals surface area contributed by atoms with Gasteiger partial charge in [-0.2, -0.15) is 10.1 Å². The minimum absolute atomic E-state index is 0.0370. The van der Waals surface area contributed by atoms with E-state index in [9.17, 15) is 4.79 Å². The summed E-state index contributed by atoms with van der Waals surface area (Å²) in [6.07, 6.45) is 8.75. The average molecular weight is 392 g/mol. The molecule has 0 aliphatic carbocycles. The van der Waals surface area contributed by atoms with E-state index in [1.165, 1.54) is 0 Å². The minimum Gasteiger partial charge on any atom is -0.359 e. The summed E-state index contributed by atoms with van der Waals surface area (Å²) in [6.45, 7) is 6.33. The zero-order valence-corrected chi connectivity index (χ0v) is 17.0. The van der Waals surface area contributed by atoms with Gasteiger partial charge in [-0.25, -0.2) is 9.97 Å². The second kappa shape index (κ2) is 7.57. The van der Waals surface area contributed by atoms with Crippen LogP contribution in [0.25, 0.3) is 17.5 Å². The minimum atomic E-state index is -0.243. The molecule has 1 aliphatic rings. The van der Waals surface area contributed by atoms with Crippen molar-refractivity contribution in [1.82, 2.24) is 29.7 Å². The van der Waals surface area contributed by atoms with Crippen LogP contribution in [0, 0.1) is 0 Å². The molecule has 0 saturated carbocycles. The van der Waals surface area contributed by atoms with Gasteiger partial charge in [0.05, 0.1) is 17.9 Å². The Labute approximate surface area is 169 Å². The Bertz CT molecular complexity index is 1000. The van der Waals surface area contributed by atoms with Crippen LogP contribution in [0.2, 0.25) is 0 Å². The smallest absolute Gasteiger partial charge is 0.237 e. The van der Waals surface area contributed by atoms with E-state index < -0.39 is 0 Å². The fourth-order valence-corrected chi connectivity index (χ4v) is 3.98. The first-order valence-electron chi connectivity index (χ1n) is 9.72. The van der Waals surface area contributed by atoms with Gasteiger partial charge >= 0.3 is 0 Å². The van der Waals surface area contributed by atoms with Crippen LogP contribution < -0.4 is 9.80 Å². The van der Waals surface area contributed by atoms with Crippen molar-refractivity contribution in [3.63, 3.8) is 0 Å². The molecule has 29 heavy (non-hydrogen) atoms. The number of hydrogen-bond acceptors (Lipinski definition) is 8. The van der Waals surface area contributed by atoms with Crippen molar-refractivity contribution in [2.24, 2.45) is 0 Å². The van der Waals surface area contributed by atoms with E-state index in [1.54, 1.807) is 23.2 Å². The van der Waals surface area contributed by atoms with E-state index in [0.717, 1.165) is 24.2 Å². The van der Waals surface area contributed by atoms with Gasteiger partial charge in [0.2, 0.25) is 5.95 Å². The summed E-state index contributed by atoms with van der Waals surface area (Å²) in [4.78, 5) is 29.9. The largest absolute Gasteiger partial charge is 0.359 e. The molecule has 2 unspecified atom stereocenters. The number of aldehydes is 1. The van der Waals surface area contributed by atoms with E-state index in [2.05, 4.69) is 45.8 Å². The summed E-state index contributed by atoms with van der Waals surface area (Å²) >= 11 is 0. The van der Waals surface area contributed by atoms with Crippen LogP contribution in [0.5, 0.6) is 0 Å². The topological polar surface area (TPSA) is 92.9 Å². The molecule has 0 bridgehead atoms. The molecular weight excluding hydrogens is 368 g/mol. The number of aromatic nitrogens is 6. The first-order valence-corrected chi connectivity index (χ1v) is 9.72. The summed E-state index contributed by atoms with van der Waals surface area (Å²) in [5, 5.41) is 8.09. The zero-order valence-electron chi connectivity index (χ0n) is 17.0. The van der Waals surface area contributed by atoms with Crippen molar-refractivity contribution in [3.8, 4) is 17.5 Å². The van der Waals surface area contributed by atoms with Crippen LogP contribution in [0.15, 0.2) is 36.9 Å². The van der Waals surface area contributed by atoms with Gasteiger partial charge in [0.25, 0.3) is 0 Å². The van der Waals surface area contributed by atoms with E-state index in [-0.39, 0.29) is 18.1 Å². The summed E-state index contributed by atoms with van der Waals surface area (Å²) < 4.78 is 1.80. The van der Waals surface area contributed by atoms with Crippen molar-refractivity contribution in [3.05, 3.63) is 36.9 Å². The highest BCUT2D eigenvalue weighted by Gasteiger charge is 2.39. The molecule has 0 spiro atoms. The molecule has 0 fully saturated rings. The normalized spacial score (nSPS) is 18.8. The lowest BCUT2D eigenvalue weighted by atomic mass is 9.98. The molecule has 1 aliphatic heterocycles. The number of imidazole rings is 1. The van der Waals surface area contributed by atoms with Gasteiger partial charge in [0.1, 0.15) is 18.0 Å². The molecule has 9 nitrogen and oxygen atoms in total. The number of nitrogens with zero attached hydrogens (tertiary/aromatic N) is 8. The maximum atomic E-state index is 11.8. The average Bonchev–Trinajstić information content (AvgIpc) is 3.23. The number of anilines is 2. The van der Waals surface area contributed by atoms with Gasteiger partial charge in [0, 0.05) is 31.7 Å². The van der Waals surface area contributed by atoms with E-state index in [4.69, 9.17) is 4.98 Å². The van der Waals surface area contributed by atoms with Crippen LogP contribution in [-0.2, 0) is 4.79 Å². The molecule has 0 saturated heterocycles. The highest BCUT2D eigenvalue weighted by Crippen LogP contribution is 2.38. The summed E-state index contributed by atoms with van der Waals surface area (Å²) in [5.74, 6) is 1.94. The molecular formula is C20H24N8O. The molecule has 0 radical (unpaired) electrons. The lowest BCUT2D eigenvalue weighted by Crippen LogP contribution is -2.58. The third-order valence-electron chi connectivity index (χ3n) is 5.33. The molecule has 0 N–H and O–H groups in total. The maximum Gasteiger partial charge on any atom is 0.237 e. The van der Waals surface area contributed by atoms with Gasteiger partial charge in [-0.05, 0) is 32.4 Å². The van der Waals surface area contributed by atoms with Gasteiger partial charge < -0.3 is 14.6 Å². The standard InChI is InChI=1S/C20H24N8O/c1-5-15-17(12-29)26(4)16-11-22-20(24-19(16)28(15)13(2)3)27-10-9-21-18(27)14-7-6-8-23-25-14/h6-13,15,17H,5H2,1-4H3.